The minimum Gasteiger partial charge on any atom is -0.481 e. The fourth-order valence-electron chi connectivity index (χ4n) is 2.64. The highest BCUT2D eigenvalue weighted by molar-refractivity contribution is 5.74. The molecule has 1 fully saturated rings. The molecule has 2 N–H and O–H groups in total. The Morgan fingerprint density at radius 2 is 1.88 bits per heavy atom. The summed E-state index contributed by atoms with van der Waals surface area (Å²) in [6, 6.07) is 0. The molecule has 1 rings (SSSR count). The highest BCUT2D eigenvalue weighted by Gasteiger charge is 2.37. The van der Waals surface area contributed by atoms with Crippen molar-refractivity contribution in [2.45, 2.75) is 71.3 Å². The van der Waals surface area contributed by atoms with Gasteiger partial charge < -0.3 is 10.2 Å². The zero-order valence-corrected chi connectivity index (χ0v) is 11.3. The topological polar surface area (TPSA) is 57.5 Å². The smallest absolute Gasteiger partial charge is 0.309 e. The van der Waals surface area contributed by atoms with Crippen LogP contribution in [0.1, 0.15) is 65.7 Å². The monoisotopic (exact) mass is 242 g/mol. The fraction of sp³-hybridized carbons (Fsp3) is 0.929. The van der Waals surface area contributed by atoms with Gasteiger partial charge in [0.05, 0.1) is 11.0 Å². The van der Waals surface area contributed by atoms with E-state index in [-0.39, 0.29) is 0 Å². The Morgan fingerprint density at radius 1 is 1.35 bits per heavy atom. The lowest BCUT2D eigenvalue weighted by atomic mass is 9.70. The van der Waals surface area contributed by atoms with E-state index in [0.717, 1.165) is 44.9 Å². The predicted molar refractivity (Wildman–Crippen MR) is 67.8 cm³/mol. The van der Waals surface area contributed by atoms with E-state index in [1.54, 1.807) is 0 Å². The molecule has 1 aliphatic rings. The number of hydrogen-bond acceptors (Lipinski definition) is 2. The van der Waals surface area contributed by atoms with E-state index in [0.29, 0.717) is 5.92 Å². The van der Waals surface area contributed by atoms with Gasteiger partial charge in [-0.3, -0.25) is 4.79 Å². The molecule has 0 heterocycles. The molecule has 0 spiro atoms. The lowest BCUT2D eigenvalue weighted by Crippen LogP contribution is -2.32. The number of carboxylic acids is 1. The number of carboxylic acid groups (broad SMARTS) is 1. The van der Waals surface area contributed by atoms with Gasteiger partial charge >= 0.3 is 5.97 Å². The molecule has 3 heteroatoms. The number of hydrogen-bond donors (Lipinski definition) is 2. The Balaban J connectivity index is 2.26. The first-order valence-electron chi connectivity index (χ1n) is 6.69. The second-order valence-electron chi connectivity index (χ2n) is 6.51. The second kappa shape index (κ2) is 5.38. The quantitative estimate of drug-likeness (QED) is 0.778. The summed E-state index contributed by atoms with van der Waals surface area (Å²) in [6.07, 6.45) is 6.64. The van der Waals surface area contributed by atoms with E-state index in [1.807, 2.05) is 20.8 Å². The molecule has 0 aromatic heterocycles. The zero-order chi connectivity index (χ0) is 13.1. The van der Waals surface area contributed by atoms with Crippen molar-refractivity contribution in [2.75, 3.05) is 0 Å². The molecular formula is C14H26O3. The Morgan fingerprint density at radius 3 is 2.29 bits per heavy atom. The normalized spacial score (nSPS) is 30.2. The zero-order valence-electron chi connectivity index (χ0n) is 11.3. The van der Waals surface area contributed by atoms with E-state index in [9.17, 15) is 9.90 Å². The molecule has 0 bridgehead atoms. The van der Waals surface area contributed by atoms with Gasteiger partial charge in [0.1, 0.15) is 0 Å². The largest absolute Gasteiger partial charge is 0.481 e. The van der Waals surface area contributed by atoms with Crippen molar-refractivity contribution in [2.24, 2.45) is 11.3 Å². The molecule has 1 saturated carbocycles. The van der Waals surface area contributed by atoms with Crippen LogP contribution < -0.4 is 0 Å². The first-order chi connectivity index (χ1) is 7.73. The van der Waals surface area contributed by atoms with Crippen molar-refractivity contribution in [3.05, 3.63) is 0 Å². The summed E-state index contributed by atoms with van der Waals surface area (Å²) in [4.78, 5) is 11.1. The van der Waals surface area contributed by atoms with Crippen LogP contribution in [0.5, 0.6) is 0 Å². The first-order valence-corrected chi connectivity index (χ1v) is 6.69. The van der Waals surface area contributed by atoms with Gasteiger partial charge in [-0.05, 0) is 58.8 Å². The first kappa shape index (κ1) is 14.5. The van der Waals surface area contributed by atoms with Crippen LogP contribution in [0, 0.1) is 11.3 Å². The van der Waals surface area contributed by atoms with Crippen LogP contribution in [0.15, 0.2) is 0 Å². The van der Waals surface area contributed by atoms with Gasteiger partial charge in [-0.15, -0.1) is 0 Å². The van der Waals surface area contributed by atoms with Gasteiger partial charge in [-0.2, -0.15) is 0 Å². The molecule has 0 unspecified atom stereocenters. The molecular weight excluding hydrogens is 216 g/mol. The van der Waals surface area contributed by atoms with Crippen LogP contribution in [-0.2, 0) is 4.79 Å². The molecule has 0 aliphatic heterocycles. The second-order valence-corrected chi connectivity index (χ2v) is 6.51. The third-order valence-electron chi connectivity index (χ3n) is 4.13. The van der Waals surface area contributed by atoms with Gasteiger partial charge in [0.25, 0.3) is 0 Å². The van der Waals surface area contributed by atoms with Crippen LogP contribution in [0.3, 0.4) is 0 Å². The maximum atomic E-state index is 11.1. The minimum absolute atomic E-state index is 0.493. The molecule has 3 nitrogen and oxygen atoms in total. The van der Waals surface area contributed by atoms with E-state index >= 15 is 0 Å². The van der Waals surface area contributed by atoms with Gasteiger partial charge in [0, 0.05) is 0 Å². The SMILES string of the molecule is CC(C)(O)CCC[C@H]1CC[C@@](C)(C(=O)O)CC1. The average molecular weight is 242 g/mol. The van der Waals surface area contributed by atoms with Crippen LogP contribution in [0.4, 0.5) is 0 Å². The van der Waals surface area contributed by atoms with E-state index in [1.165, 1.54) is 0 Å². The minimum atomic E-state index is -0.646. The highest BCUT2D eigenvalue weighted by Crippen LogP contribution is 2.40. The summed E-state index contributed by atoms with van der Waals surface area (Å²) in [7, 11) is 0. The molecule has 17 heavy (non-hydrogen) atoms. The van der Waals surface area contributed by atoms with Crippen molar-refractivity contribution in [1.82, 2.24) is 0 Å². The van der Waals surface area contributed by atoms with Gasteiger partial charge in [0.15, 0.2) is 0 Å². The summed E-state index contributed by atoms with van der Waals surface area (Å²) in [5, 5.41) is 18.8. The number of aliphatic carboxylic acids is 1. The molecule has 100 valence electrons. The summed E-state index contributed by atoms with van der Waals surface area (Å²) in [6.45, 7) is 5.55. The molecule has 0 radical (unpaired) electrons. The molecule has 1 aliphatic carbocycles. The van der Waals surface area contributed by atoms with Gasteiger partial charge in [-0.1, -0.05) is 12.8 Å². The number of rotatable bonds is 5. The van der Waals surface area contributed by atoms with E-state index < -0.39 is 17.0 Å². The maximum absolute atomic E-state index is 11.1. The van der Waals surface area contributed by atoms with Crippen molar-refractivity contribution in [3.63, 3.8) is 0 Å². The lowest BCUT2D eigenvalue weighted by Gasteiger charge is -2.34. The van der Waals surface area contributed by atoms with Crippen molar-refractivity contribution in [1.29, 1.82) is 0 Å². The van der Waals surface area contributed by atoms with Crippen LogP contribution in [0.25, 0.3) is 0 Å². The summed E-state index contributed by atoms with van der Waals surface area (Å²) in [5.74, 6) is 0.0113. The summed E-state index contributed by atoms with van der Waals surface area (Å²) >= 11 is 0. The molecule has 0 aromatic rings. The molecule has 0 saturated heterocycles. The molecule has 0 aromatic carbocycles. The van der Waals surface area contributed by atoms with Gasteiger partial charge in [-0.25, -0.2) is 0 Å². The Labute approximate surface area is 104 Å². The van der Waals surface area contributed by atoms with Crippen LogP contribution in [0.2, 0.25) is 0 Å². The third kappa shape index (κ3) is 4.66. The van der Waals surface area contributed by atoms with Crippen molar-refractivity contribution < 1.29 is 15.0 Å². The van der Waals surface area contributed by atoms with E-state index in [4.69, 9.17) is 5.11 Å². The highest BCUT2D eigenvalue weighted by atomic mass is 16.4. The standard InChI is InChI=1S/C14H26O3/c1-13(2,17)8-4-5-11-6-9-14(3,10-7-11)12(15)16/h11,17H,4-10H2,1-3H3,(H,15,16)/t11-,14+. The summed E-state index contributed by atoms with van der Waals surface area (Å²) in [5.41, 5.74) is -1.06. The number of carbonyl (C=O) groups is 1. The van der Waals surface area contributed by atoms with Crippen LogP contribution in [-0.4, -0.2) is 21.8 Å². The van der Waals surface area contributed by atoms with Crippen LogP contribution >= 0.6 is 0 Å². The Hall–Kier alpha value is -0.570. The van der Waals surface area contributed by atoms with Crippen molar-refractivity contribution >= 4 is 5.97 Å². The third-order valence-corrected chi connectivity index (χ3v) is 4.13. The Bertz CT molecular complexity index is 257. The van der Waals surface area contributed by atoms with Crippen molar-refractivity contribution in [3.8, 4) is 0 Å². The summed E-state index contributed by atoms with van der Waals surface area (Å²) < 4.78 is 0. The number of aliphatic hydroxyl groups is 1. The molecule has 0 amide bonds. The predicted octanol–water partition coefficient (Wildman–Crippen LogP) is 3.21. The lowest BCUT2D eigenvalue weighted by molar-refractivity contribution is -0.150. The average Bonchev–Trinajstić information content (AvgIpc) is 2.19. The molecule has 0 atom stereocenters. The maximum Gasteiger partial charge on any atom is 0.309 e. The fourth-order valence-corrected chi connectivity index (χ4v) is 2.64. The van der Waals surface area contributed by atoms with Gasteiger partial charge in [0.2, 0.25) is 0 Å². The van der Waals surface area contributed by atoms with E-state index in [2.05, 4.69) is 0 Å². The Kier molecular flexibility index (Phi) is 4.59.